The van der Waals surface area contributed by atoms with Crippen LogP contribution in [-0.2, 0) is 0 Å². The summed E-state index contributed by atoms with van der Waals surface area (Å²) in [7, 11) is 0. The van der Waals surface area contributed by atoms with Crippen LogP contribution in [0.3, 0.4) is 0 Å². The Hall–Kier alpha value is -6.19. The summed E-state index contributed by atoms with van der Waals surface area (Å²) >= 11 is 0. The van der Waals surface area contributed by atoms with E-state index in [4.69, 9.17) is 9.97 Å². The van der Waals surface area contributed by atoms with E-state index in [9.17, 15) is 0 Å². The average Bonchev–Trinajstić information content (AvgIpc) is 3.47. The Labute approximate surface area is 267 Å². The Morgan fingerprint density at radius 2 is 0.913 bits per heavy atom. The van der Waals surface area contributed by atoms with Gasteiger partial charge in [-0.2, -0.15) is 0 Å². The lowest BCUT2D eigenvalue weighted by atomic mass is 9.96. The summed E-state index contributed by atoms with van der Waals surface area (Å²) in [6.07, 6.45) is 3.69. The van der Waals surface area contributed by atoms with Crippen molar-refractivity contribution in [3.05, 3.63) is 164 Å². The zero-order chi connectivity index (χ0) is 30.5. The predicted molar refractivity (Wildman–Crippen MR) is 189 cm³/mol. The first-order valence-corrected chi connectivity index (χ1v) is 15.5. The van der Waals surface area contributed by atoms with Crippen LogP contribution in [0.25, 0.3) is 89.2 Å². The lowest BCUT2D eigenvalue weighted by Crippen LogP contribution is -1.97. The highest BCUT2D eigenvalue weighted by Crippen LogP contribution is 2.49. The molecule has 1 aliphatic carbocycles. The fourth-order valence-electron chi connectivity index (χ4n) is 6.70. The van der Waals surface area contributed by atoms with Crippen LogP contribution in [-0.4, -0.2) is 15.0 Å². The van der Waals surface area contributed by atoms with Gasteiger partial charge in [-0.1, -0.05) is 140 Å². The zero-order valence-electron chi connectivity index (χ0n) is 24.9. The number of aromatic nitrogens is 3. The van der Waals surface area contributed by atoms with Crippen molar-refractivity contribution in [2.24, 2.45) is 0 Å². The molecule has 8 aromatic rings. The maximum Gasteiger partial charge on any atom is 0.160 e. The molecule has 6 aromatic carbocycles. The van der Waals surface area contributed by atoms with E-state index in [2.05, 4.69) is 145 Å². The molecule has 2 heterocycles. The molecule has 0 saturated heterocycles. The number of nitrogens with zero attached hydrogens (tertiary/aromatic N) is 3. The van der Waals surface area contributed by atoms with Crippen LogP contribution < -0.4 is 0 Å². The Morgan fingerprint density at radius 3 is 1.65 bits per heavy atom. The second-order valence-corrected chi connectivity index (χ2v) is 11.7. The molecule has 0 N–H and O–H groups in total. The molecule has 0 spiro atoms. The Bertz CT molecular complexity index is 2250. The summed E-state index contributed by atoms with van der Waals surface area (Å²) in [6.45, 7) is 0. The molecule has 1 aliphatic rings. The smallest absolute Gasteiger partial charge is 0.160 e. The van der Waals surface area contributed by atoms with Crippen LogP contribution in [0.15, 0.2) is 164 Å². The van der Waals surface area contributed by atoms with Crippen molar-refractivity contribution < 1.29 is 0 Å². The van der Waals surface area contributed by atoms with E-state index in [1.165, 1.54) is 44.2 Å². The molecule has 0 saturated carbocycles. The summed E-state index contributed by atoms with van der Waals surface area (Å²) in [6, 6.07) is 53.5. The first-order chi connectivity index (χ1) is 22.8. The molecule has 0 bridgehead atoms. The Balaban J connectivity index is 1.20. The molecule has 0 fully saturated rings. The average molecular weight is 586 g/mol. The van der Waals surface area contributed by atoms with Crippen LogP contribution in [0.1, 0.15) is 0 Å². The van der Waals surface area contributed by atoms with Crippen molar-refractivity contribution >= 4 is 10.8 Å². The SMILES string of the molecule is c1ccc(-c2ccc(-c3nc(-c4ccc(-c5cccnc5)cc4)cc(-c4ccc5c6c(cccc46)-c4ccccc4-5)n3)cc2)cc1. The zero-order valence-corrected chi connectivity index (χ0v) is 24.9. The molecule has 0 aliphatic heterocycles. The molecule has 0 amide bonds. The van der Waals surface area contributed by atoms with E-state index < -0.39 is 0 Å². The minimum atomic E-state index is 0.704. The van der Waals surface area contributed by atoms with Crippen LogP contribution >= 0.6 is 0 Å². The Morgan fingerprint density at radius 1 is 0.348 bits per heavy atom. The van der Waals surface area contributed by atoms with Crippen LogP contribution in [0.2, 0.25) is 0 Å². The third kappa shape index (κ3) is 4.41. The lowest BCUT2D eigenvalue weighted by molar-refractivity contribution is 1.18. The standard InChI is InChI=1S/C43H27N3/c1-2-8-28(9-3-1)29-17-21-32(22-18-29)43-45-40(31-19-15-30(16-20-31)33-10-7-25-44-27-33)26-41(46-43)36-23-24-39-35-12-5-4-11-34(35)37-13-6-14-38(36)42(37)39/h1-27H. The highest BCUT2D eigenvalue weighted by atomic mass is 14.9. The molecule has 46 heavy (non-hydrogen) atoms. The molecular weight excluding hydrogens is 558 g/mol. The normalized spacial score (nSPS) is 11.5. The fourth-order valence-corrected chi connectivity index (χ4v) is 6.70. The summed E-state index contributed by atoms with van der Waals surface area (Å²) < 4.78 is 0. The topological polar surface area (TPSA) is 38.7 Å². The molecule has 0 atom stereocenters. The largest absolute Gasteiger partial charge is 0.264 e. The van der Waals surface area contributed by atoms with Gasteiger partial charge in [0.2, 0.25) is 0 Å². The van der Waals surface area contributed by atoms with E-state index in [0.29, 0.717) is 5.82 Å². The van der Waals surface area contributed by atoms with Gasteiger partial charge in [0.25, 0.3) is 0 Å². The monoisotopic (exact) mass is 585 g/mol. The van der Waals surface area contributed by atoms with Crippen molar-refractivity contribution in [3.63, 3.8) is 0 Å². The van der Waals surface area contributed by atoms with Crippen LogP contribution in [0, 0.1) is 0 Å². The summed E-state index contributed by atoms with van der Waals surface area (Å²) in [4.78, 5) is 14.7. The van der Waals surface area contributed by atoms with E-state index >= 15 is 0 Å². The lowest BCUT2D eigenvalue weighted by Gasteiger charge is -2.13. The molecule has 3 heteroatoms. The number of rotatable bonds is 5. The molecule has 3 nitrogen and oxygen atoms in total. The molecular formula is C43H27N3. The number of fused-ring (bicyclic) bond motifs is 3. The maximum atomic E-state index is 5.23. The Kier molecular flexibility index (Phi) is 6.14. The van der Waals surface area contributed by atoms with Crippen LogP contribution in [0.5, 0.6) is 0 Å². The van der Waals surface area contributed by atoms with E-state index in [1.807, 2.05) is 18.3 Å². The van der Waals surface area contributed by atoms with Gasteiger partial charge in [-0.15, -0.1) is 0 Å². The summed E-state index contributed by atoms with van der Waals surface area (Å²) in [5.74, 6) is 0.704. The first-order valence-electron chi connectivity index (χ1n) is 15.5. The van der Waals surface area contributed by atoms with E-state index in [1.54, 1.807) is 6.20 Å². The molecule has 214 valence electrons. The van der Waals surface area contributed by atoms with Crippen molar-refractivity contribution in [1.29, 1.82) is 0 Å². The van der Waals surface area contributed by atoms with E-state index in [0.717, 1.165) is 39.2 Å². The highest BCUT2D eigenvalue weighted by Gasteiger charge is 2.23. The van der Waals surface area contributed by atoms with Crippen molar-refractivity contribution in [3.8, 4) is 78.4 Å². The number of hydrogen-bond acceptors (Lipinski definition) is 3. The number of pyridine rings is 1. The second kappa shape index (κ2) is 10.8. The van der Waals surface area contributed by atoms with E-state index in [-0.39, 0.29) is 0 Å². The molecule has 2 aromatic heterocycles. The quantitative estimate of drug-likeness (QED) is 0.202. The van der Waals surface area contributed by atoms with Crippen molar-refractivity contribution in [2.45, 2.75) is 0 Å². The number of hydrogen-bond donors (Lipinski definition) is 0. The second-order valence-electron chi connectivity index (χ2n) is 11.7. The van der Waals surface area contributed by atoms with Crippen molar-refractivity contribution in [2.75, 3.05) is 0 Å². The molecule has 0 unspecified atom stereocenters. The highest BCUT2D eigenvalue weighted by molar-refractivity contribution is 6.18. The minimum Gasteiger partial charge on any atom is -0.264 e. The summed E-state index contributed by atoms with van der Waals surface area (Å²) in [5, 5.41) is 2.49. The predicted octanol–water partition coefficient (Wildman–Crippen LogP) is 11.0. The van der Waals surface area contributed by atoms with Gasteiger partial charge in [0.15, 0.2) is 5.82 Å². The van der Waals surface area contributed by atoms with Crippen LogP contribution in [0.4, 0.5) is 0 Å². The number of benzene rings is 6. The van der Waals surface area contributed by atoms with Gasteiger partial charge >= 0.3 is 0 Å². The third-order valence-corrected chi connectivity index (χ3v) is 8.98. The van der Waals surface area contributed by atoms with Gasteiger partial charge in [-0.25, -0.2) is 9.97 Å². The maximum absolute atomic E-state index is 5.23. The van der Waals surface area contributed by atoms with Gasteiger partial charge < -0.3 is 0 Å². The third-order valence-electron chi connectivity index (χ3n) is 8.98. The van der Waals surface area contributed by atoms with Crippen molar-refractivity contribution in [1.82, 2.24) is 15.0 Å². The van der Waals surface area contributed by atoms with Gasteiger partial charge in [-0.3, -0.25) is 4.98 Å². The molecule has 9 rings (SSSR count). The van der Waals surface area contributed by atoms with Gasteiger partial charge in [0.05, 0.1) is 11.4 Å². The molecule has 0 radical (unpaired) electrons. The fraction of sp³-hybridized carbons (Fsp3) is 0. The van der Waals surface area contributed by atoms with Gasteiger partial charge in [0, 0.05) is 29.1 Å². The van der Waals surface area contributed by atoms with Gasteiger partial charge in [0.1, 0.15) is 0 Å². The minimum absolute atomic E-state index is 0.704. The first kappa shape index (κ1) is 26.2. The summed E-state index contributed by atoms with van der Waals surface area (Å²) in [5.41, 5.74) is 14.6. The van der Waals surface area contributed by atoms with Gasteiger partial charge in [-0.05, 0) is 67.4 Å².